The maximum atomic E-state index is 12.0. The maximum Gasteiger partial charge on any atom is 0.230 e. The van der Waals surface area contributed by atoms with Crippen LogP contribution in [0.2, 0.25) is 0 Å². The second-order valence-electron chi connectivity index (χ2n) is 4.85. The van der Waals surface area contributed by atoms with Gasteiger partial charge in [-0.1, -0.05) is 24.3 Å². The lowest BCUT2D eigenvalue weighted by Gasteiger charge is -2.06. The molecule has 104 valence electrons. The first-order valence-corrected chi connectivity index (χ1v) is 6.71. The van der Waals surface area contributed by atoms with E-state index in [1.54, 1.807) is 0 Å². The van der Waals surface area contributed by atoms with Crippen LogP contribution < -0.4 is 11.1 Å². The highest BCUT2D eigenvalue weighted by atomic mass is 16.1. The van der Waals surface area contributed by atoms with Gasteiger partial charge in [0.2, 0.25) is 5.91 Å². The molecule has 0 aliphatic heterocycles. The molecule has 4 heteroatoms. The van der Waals surface area contributed by atoms with Crippen molar-refractivity contribution in [3.63, 3.8) is 0 Å². The summed E-state index contributed by atoms with van der Waals surface area (Å²) in [4.78, 5) is 16.5. The summed E-state index contributed by atoms with van der Waals surface area (Å²) in [6.07, 6.45) is 0.245. The number of nitrogen functional groups attached to an aromatic ring is 1. The molecule has 2 aromatic carbocycles. The van der Waals surface area contributed by atoms with E-state index in [1.165, 1.54) is 0 Å². The van der Waals surface area contributed by atoms with Crippen molar-refractivity contribution in [2.75, 3.05) is 11.1 Å². The molecule has 4 nitrogen and oxygen atoms in total. The van der Waals surface area contributed by atoms with Gasteiger partial charge in [-0.3, -0.25) is 9.78 Å². The number of carbonyl (C=O) groups is 1. The zero-order chi connectivity index (χ0) is 14.7. The summed E-state index contributed by atoms with van der Waals surface area (Å²) >= 11 is 0. The van der Waals surface area contributed by atoms with Crippen molar-refractivity contribution in [3.8, 4) is 0 Å². The number of carbonyl (C=O) groups excluding carboxylic acids is 1. The quantitative estimate of drug-likeness (QED) is 0.723. The molecule has 0 fully saturated rings. The van der Waals surface area contributed by atoms with E-state index in [-0.39, 0.29) is 12.3 Å². The Hall–Kier alpha value is -2.88. The van der Waals surface area contributed by atoms with Crippen molar-refractivity contribution < 1.29 is 4.79 Å². The summed E-state index contributed by atoms with van der Waals surface area (Å²) in [5.41, 5.74) is 8.81. The molecule has 0 unspecified atom stereocenters. The van der Waals surface area contributed by atoms with E-state index in [1.807, 2.05) is 60.7 Å². The number of para-hydroxylation sites is 1. The number of fused-ring (bicyclic) bond motifs is 1. The number of benzene rings is 2. The van der Waals surface area contributed by atoms with Gasteiger partial charge in [-0.25, -0.2) is 0 Å². The number of pyridine rings is 1. The lowest BCUT2D eigenvalue weighted by molar-refractivity contribution is -0.115. The molecule has 0 saturated carbocycles. The first-order chi connectivity index (χ1) is 10.2. The number of rotatable bonds is 3. The predicted octanol–water partition coefficient (Wildman–Crippen LogP) is 3.00. The number of nitrogens with two attached hydrogens (primary N) is 1. The zero-order valence-corrected chi connectivity index (χ0v) is 11.4. The van der Waals surface area contributed by atoms with Crippen LogP contribution in [0.4, 0.5) is 11.4 Å². The first-order valence-electron chi connectivity index (χ1n) is 6.71. The van der Waals surface area contributed by atoms with E-state index < -0.39 is 0 Å². The lowest BCUT2D eigenvalue weighted by Crippen LogP contribution is -2.15. The van der Waals surface area contributed by atoms with E-state index in [9.17, 15) is 4.79 Å². The van der Waals surface area contributed by atoms with Gasteiger partial charge in [0, 0.05) is 16.8 Å². The number of anilines is 2. The highest BCUT2D eigenvalue weighted by molar-refractivity contribution is 5.92. The molecule has 1 heterocycles. The van der Waals surface area contributed by atoms with Gasteiger partial charge in [0.1, 0.15) is 0 Å². The van der Waals surface area contributed by atoms with Crippen LogP contribution in [0.15, 0.2) is 60.7 Å². The third-order valence-corrected chi connectivity index (χ3v) is 3.17. The van der Waals surface area contributed by atoms with E-state index in [0.717, 1.165) is 22.3 Å². The van der Waals surface area contributed by atoms with Crippen molar-refractivity contribution in [2.24, 2.45) is 0 Å². The number of aromatic nitrogens is 1. The second kappa shape index (κ2) is 5.63. The van der Waals surface area contributed by atoms with Crippen LogP contribution >= 0.6 is 0 Å². The third-order valence-electron chi connectivity index (χ3n) is 3.17. The van der Waals surface area contributed by atoms with Gasteiger partial charge in [-0.2, -0.15) is 0 Å². The average molecular weight is 277 g/mol. The minimum Gasteiger partial charge on any atom is -0.399 e. The smallest absolute Gasteiger partial charge is 0.230 e. The Morgan fingerprint density at radius 1 is 1.05 bits per heavy atom. The van der Waals surface area contributed by atoms with Gasteiger partial charge in [-0.15, -0.1) is 0 Å². The Balaban J connectivity index is 1.75. The minimum atomic E-state index is -0.0801. The standard InChI is InChI=1S/C17H15N3O/c18-13-7-9-16-12(10-13)6-8-15(19-16)11-17(21)20-14-4-2-1-3-5-14/h1-10H,11,18H2,(H,20,21). The Bertz CT molecular complexity index is 784. The van der Waals surface area contributed by atoms with E-state index in [2.05, 4.69) is 10.3 Å². The Morgan fingerprint density at radius 2 is 1.86 bits per heavy atom. The maximum absolute atomic E-state index is 12.0. The topological polar surface area (TPSA) is 68.0 Å². The van der Waals surface area contributed by atoms with Crippen LogP contribution in [0.5, 0.6) is 0 Å². The third kappa shape index (κ3) is 3.17. The molecule has 0 aliphatic rings. The minimum absolute atomic E-state index is 0.0801. The fraction of sp³-hybridized carbons (Fsp3) is 0.0588. The van der Waals surface area contributed by atoms with Gasteiger partial charge in [-0.05, 0) is 36.4 Å². The Kier molecular flexibility index (Phi) is 3.51. The molecular formula is C17H15N3O. The van der Waals surface area contributed by atoms with Crippen molar-refractivity contribution in [3.05, 3.63) is 66.4 Å². The Morgan fingerprint density at radius 3 is 2.67 bits per heavy atom. The van der Waals surface area contributed by atoms with Gasteiger partial charge >= 0.3 is 0 Å². The van der Waals surface area contributed by atoms with Crippen molar-refractivity contribution in [1.29, 1.82) is 0 Å². The van der Waals surface area contributed by atoms with Crippen LogP contribution in [0.3, 0.4) is 0 Å². The lowest BCUT2D eigenvalue weighted by atomic mass is 10.1. The van der Waals surface area contributed by atoms with Crippen molar-refractivity contribution in [1.82, 2.24) is 4.98 Å². The zero-order valence-electron chi connectivity index (χ0n) is 11.4. The molecule has 0 bridgehead atoms. The van der Waals surface area contributed by atoms with Gasteiger partial charge in [0.15, 0.2) is 0 Å². The summed E-state index contributed by atoms with van der Waals surface area (Å²) in [5.74, 6) is -0.0801. The van der Waals surface area contributed by atoms with E-state index >= 15 is 0 Å². The van der Waals surface area contributed by atoms with Crippen LogP contribution in [0, 0.1) is 0 Å². The summed E-state index contributed by atoms with van der Waals surface area (Å²) in [5, 5.41) is 3.82. The Labute approximate surface area is 122 Å². The SMILES string of the molecule is Nc1ccc2nc(CC(=O)Nc3ccccc3)ccc2c1. The molecular weight excluding hydrogens is 262 g/mol. The molecule has 0 atom stereocenters. The highest BCUT2D eigenvalue weighted by Crippen LogP contribution is 2.16. The number of nitrogens with zero attached hydrogens (tertiary/aromatic N) is 1. The highest BCUT2D eigenvalue weighted by Gasteiger charge is 2.06. The summed E-state index contributed by atoms with van der Waals surface area (Å²) in [7, 11) is 0. The van der Waals surface area contributed by atoms with Gasteiger partial charge in [0.25, 0.3) is 0 Å². The molecule has 21 heavy (non-hydrogen) atoms. The van der Waals surface area contributed by atoms with Crippen LogP contribution in [0.1, 0.15) is 5.69 Å². The fourth-order valence-electron chi connectivity index (χ4n) is 2.18. The number of nitrogens with one attached hydrogen (secondary N) is 1. The largest absolute Gasteiger partial charge is 0.399 e. The predicted molar refractivity (Wildman–Crippen MR) is 84.9 cm³/mol. The van der Waals surface area contributed by atoms with Gasteiger partial charge < -0.3 is 11.1 Å². The van der Waals surface area contributed by atoms with E-state index in [0.29, 0.717) is 5.69 Å². The summed E-state index contributed by atoms with van der Waals surface area (Å²) in [6, 6.07) is 18.7. The molecule has 3 rings (SSSR count). The first kappa shape index (κ1) is 13.1. The van der Waals surface area contributed by atoms with Gasteiger partial charge in [0.05, 0.1) is 17.6 Å². The normalized spacial score (nSPS) is 10.5. The van der Waals surface area contributed by atoms with Crippen LogP contribution in [-0.4, -0.2) is 10.9 Å². The number of amides is 1. The second-order valence-corrected chi connectivity index (χ2v) is 4.85. The van der Waals surface area contributed by atoms with Crippen molar-refractivity contribution in [2.45, 2.75) is 6.42 Å². The molecule has 3 aromatic rings. The molecule has 0 saturated heterocycles. The molecule has 0 aliphatic carbocycles. The molecule has 0 radical (unpaired) electrons. The summed E-state index contributed by atoms with van der Waals surface area (Å²) < 4.78 is 0. The monoisotopic (exact) mass is 277 g/mol. The van der Waals surface area contributed by atoms with Crippen LogP contribution in [0.25, 0.3) is 10.9 Å². The molecule has 1 amide bonds. The fourth-order valence-corrected chi connectivity index (χ4v) is 2.18. The number of hydrogen-bond acceptors (Lipinski definition) is 3. The van der Waals surface area contributed by atoms with E-state index in [4.69, 9.17) is 5.73 Å². The average Bonchev–Trinajstić information content (AvgIpc) is 2.48. The molecule has 0 spiro atoms. The summed E-state index contributed by atoms with van der Waals surface area (Å²) in [6.45, 7) is 0. The van der Waals surface area contributed by atoms with Crippen molar-refractivity contribution >= 4 is 28.2 Å². The van der Waals surface area contributed by atoms with Crippen LogP contribution in [-0.2, 0) is 11.2 Å². The number of hydrogen-bond donors (Lipinski definition) is 2. The molecule has 1 aromatic heterocycles. The molecule has 3 N–H and O–H groups in total.